The third-order valence-electron chi connectivity index (χ3n) is 3.04. The molecule has 0 aliphatic heterocycles. The number of hydrogen-bond donors (Lipinski definition) is 1. The van der Waals surface area contributed by atoms with Crippen molar-refractivity contribution in [3.05, 3.63) is 60.0 Å². The standard InChI is InChI=1S/C15H13ClN4/c1-2-20-10-11(9-19-20)8-18-14-6-5-13(16)12-4-3-7-17-15(12)14/h2-7,9-10,18H,1,8H2. The third-order valence-corrected chi connectivity index (χ3v) is 3.37. The molecule has 0 atom stereocenters. The summed E-state index contributed by atoms with van der Waals surface area (Å²) in [7, 11) is 0. The summed E-state index contributed by atoms with van der Waals surface area (Å²) in [5, 5.41) is 9.16. The fourth-order valence-corrected chi connectivity index (χ4v) is 2.26. The lowest BCUT2D eigenvalue weighted by Gasteiger charge is -2.09. The fraction of sp³-hybridized carbons (Fsp3) is 0.0667. The highest BCUT2D eigenvalue weighted by Gasteiger charge is 2.05. The van der Waals surface area contributed by atoms with E-state index in [4.69, 9.17) is 11.6 Å². The Morgan fingerprint density at radius 1 is 1.35 bits per heavy atom. The highest BCUT2D eigenvalue weighted by atomic mass is 35.5. The molecule has 1 N–H and O–H groups in total. The Hall–Kier alpha value is -2.33. The molecule has 4 nitrogen and oxygen atoms in total. The predicted molar refractivity (Wildman–Crippen MR) is 82.7 cm³/mol. The maximum atomic E-state index is 6.18. The quantitative estimate of drug-likeness (QED) is 0.792. The zero-order valence-electron chi connectivity index (χ0n) is 10.8. The third kappa shape index (κ3) is 2.38. The van der Waals surface area contributed by atoms with Gasteiger partial charge in [-0.25, -0.2) is 4.68 Å². The second-order valence-electron chi connectivity index (χ2n) is 4.36. The number of hydrogen-bond acceptors (Lipinski definition) is 3. The number of rotatable bonds is 4. The maximum absolute atomic E-state index is 6.18. The van der Waals surface area contributed by atoms with Gasteiger partial charge in [0.15, 0.2) is 0 Å². The minimum absolute atomic E-state index is 0.668. The summed E-state index contributed by atoms with van der Waals surface area (Å²) in [5.74, 6) is 0. The second-order valence-corrected chi connectivity index (χ2v) is 4.77. The Bertz CT molecular complexity index is 763. The van der Waals surface area contributed by atoms with Crippen molar-refractivity contribution >= 4 is 34.4 Å². The zero-order valence-corrected chi connectivity index (χ0v) is 11.5. The van der Waals surface area contributed by atoms with Crippen LogP contribution in [0.3, 0.4) is 0 Å². The Morgan fingerprint density at radius 3 is 3.05 bits per heavy atom. The molecule has 0 aliphatic rings. The lowest BCUT2D eigenvalue weighted by Crippen LogP contribution is -1.99. The van der Waals surface area contributed by atoms with Crippen molar-refractivity contribution in [1.29, 1.82) is 0 Å². The van der Waals surface area contributed by atoms with Crippen LogP contribution in [0.25, 0.3) is 17.1 Å². The van der Waals surface area contributed by atoms with Crippen molar-refractivity contribution < 1.29 is 0 Å². The van der Waals surface area contributed by atoms with Crippen molar-refractivity contribution in [2.75, 3.05) is 5.32 Å². The summed E-state index contributed by atoms with van der Waals surface area (Å²) >= 11 is 6.18. The molecule has 0 saturated heterocycles. The van der Waals surface area contributed by atoms with Crippen LogP contribution in [0.2, 0.25) is 5.02 Å². The van der Waals surface area contributed by atoms with Gasteiger partial charge < -0.3 is 5.32 Å². The van der Waals surface area contributed by atoms with Crippen LogP contribution in [-0.4, -0.2) is 14.8 Å². The van der Waals surface area contributed by atoms with Crippen LogP contribution >= 0.6 is 11.6 Å². The average Bonchev–Trinajstić information content (AvgIpc) is 2.95. The van der Waals surface area contributed by atoms with Crippen molar-refractivity contribution in [3.8, 4) is 0 Å². The molecule has 20 heavy (non-hydrogen) atoms. The first kappa shape index (κ1) is 12.7. The van der Waals surface area contributed by atoms with Gasteiger partial charge in [0.05, 0.1) is 22.4 Å². The minimum Gasteiger partial charge on any atom is -0.379 e. The normalized spacial score (nSPS) is 10.7. The summed E-state index contributed by atoms with van der Waals surface area (Å²) in [4.78, 5) is 4.39. The van der Waals surface area contributed by atoms with Crippen LogP contribution in [0.1, 0.15) is 5.56 Å². The molecule has 3 aromatic rings. The first-order chi connectivity index (χ1) is 9.78. The van der Waals surface area contributed by atoms with E-state index < -0.39 is 0 Å². The number of anilines is 1. The number of halogens is 1. The molecule has 0 fully saturated rings. The van der Waals surface area contributed by atoms with Crippen LogP contribution in [0, 0.1) is 0 Å². The molecule has 0 saturated carbocycles. The smallest absolute Gasteiger partial charge is 0.0948 e. The van der Waals surface area contributed by atoms with Gasteiger partial charge in [-0.3, -0.25) is 4.98 Å². The fourth-order valence-electron chi connectivity index (χ4n) is 2.05. The van der Waals surface area contributed by atoms with Gasteiger partial charge in [0, 0.05) is 36.1 Å². The molecular weight excluding hydrogens is 272 g/mol. The number of aromatic nitrogens is 3. The summed E-state index contributed by atoms with van der Waals surface area (Å²) < 4.78 is 1.68. The predicted octanol–water partition coefficient (Wildman–Crippen LogP) is 3.80. The van der Waals surface area contributed by atoms with Crippen LogP contribution in [0.5, 0.6) is 0 Å². The number of benzene rings is 1. The molecule has 3 rings (SSSR count). The largest absolute Gasteiger partial charge is 0.379 e. The summed E-state index contributed by atoms with van der Waals surface area (Å²) in [5.41, 5.74) is 2.90. The zero-order chi connectivity index (χ0) is 13.9. The van der Waals surface area contributed by atoms with Crippen molar-refractivity contribution in [2.45, 2.75) is 6.54 Å². The Kier molecular flexibility index (Phi) is 3.39. The SMILES string of the molecule is C=Cn1cc(CNc2ccc(Cl)c3cccnc23)cn1. The van der Waals surface area contributed by atoms with Gasteiger partial charge in [0.1, 0.15) is 0 Å². The monoisotopic (exact) mass is 284 g/mol. The Morgan fingerprint density at radius 2 is 2.25 bits per heavy atom. The molecule has 0 unspecified atom stereocenters. The molecular formula is C15H13ClN4. The number of fused-ring (bicyclic) bond motifs is 1. The molecule has 0 bridgehead atoms. The topological polar surface area (TPSA) is 42.7 Å². The van der Waals surface area contributed by atoms with Gasteiger partial charge in [0.2, 0.25) is 0 Å². The van der Waals surface area contributed by atoms with Gasteiger partial charge in [0.25, 0.3) is 0 Å². The summed E-state index contributed by atoms with van der Waals surface area (Å²) in [6, 6.07) is 7.66. The first-order valence-corrected chi connectivity index (χ1v) is 6.58. The summed E-state index contributed by atoms with van der Waals surface area (Å²) in [6.07, 6.45) is 7.15. The maximum Gasteiger partial charge on any atom is 0.0948 e. The highest BCUT2D eigenvalue weighted by Crippen LogP contribution is 2.28. The molecule has 0 spiro atoms. The molecule has 0 radical (unpaired) electrons. The van der Waals surface area contributed by atoms with E-state index in [1.165, 1.54) is 0 Å². The lowest BCUT2D eigenvalue weighted by molar-refractivity contribution is 0.936. The van der Waals surface area contributed by atoms with Gasteiger partial charge in [-0.05, 0) is 24.3 Å². The summed E-state index contributed by atoms with van der Waals surface area (Å²) in [6.45, 7) is 4.34. The Balaban J connectivity index is 1.87. The molecule has 0 amide bonds. The van der Waals surface area contributed by atoms with E-state index >= 15 is 0 Å². The van der Waals surface area contributed by atoms with E-state index in [1.54, 1.807) is 23.3 Å². The molecule has 0 aliphatic carbocycles. The van der Waals surface area contributed by atoms with Gasteiger partial charge in [-0.15, -0.1) is 0 Å². The first-order valence-electron chi connectivity index (χ1n) is 6.20. The van der Waals surface area contributed by atoms with E-state index in [-0.39, 0.29) is 0 Å². The number of nitrogens with zero attached hydrogens (tertiary/aromatic N) is 3. The minimum atomic E-state index is 0.668. The van der Waals surface area contributed by atoms with Gasteiger partial charge >= 0.3 is 0 Å². The van der Waals surface area contributed by atoms with Crippen LogP contribution in [0.15, 0.2) is 49.4 Å². The number of pyridine rings is 1. The molecule has 1 aromatic carbocycles. The van der Waals surface area contributed by atoms with E-state index in [1.807, 2.05) is 30.5 Å². The molecule has 5 heteroatoms. The molecule has 2 aromatic heterocycles. The van der Waals surface area contributed by atoms with Crippen molar-refractivity contribution in [3.63, 3.8) is 0 Å². The van der Waals surface area contributed by atoms with Crippen LogP contribution in [-0.2, 0) is 6.54 Å². The number of nitrogens with one attached hydrogen (secondary N) is 1. The molecule has 2 heterocycles. The van der Waals surface area contributed by atoms with Gasteiger partial charge in [-0.2, -0.15) is 5.10 Å². The second kappa shape index (κ2) is 5.35. The van der Waals surface area contributed by atoms with E-state index in [0.29, 0.717) is 11.6 Å². The highest BCUT2D eigenvalue weighted by molar-refractivity contribution is 6.35. The average molecular weight is 285 g/mol. The van der Waals surface area contributed by atoms with E-state index in [0.717, 1.165) is 22.2 Å². The van der Waals surface area contributed by atoms with Crippen LogP contribution < -0.4 is 5.32 Å². The van der Waals surface area contributed by atoms with Crippen LogP contribution in [0.4, 0.5) is 5.69 Å². The van der Waals surface area contributed by atoms with Gasteiger partial charge in [-0.1, -0.05) is 18.2 Å². The van der Waals surface area contributed by atoms with E-state index in [2.05, 4.69) is 22.0 Å². The lowest BCUT2D eigenvalue weighted by atomic mass is 10.2. The van der Waals surface area contributed by atoms with E-state index in [9.17, 15) is 0 Å². The van der Waals surface area contributed by atoms with Crippen molar-refractivity contribution in [1.82, 2.24) is 14.8 Å². The molecule has 100 valence electrons. The van der Waals surface area contributed by atoms with Crippen molar-refractivity contribution in [2.24, 2.45) is 0 Å². The Labute approximate surface area is 121 Å².